The van der Waals surface area contributed by atoms with Crippen LogP contribution >= 0.6 is 12.2 Å². The van der Waals surface area contributed by atoms with E-state index in [4.69, 9.17) is 17.0 Å². The molecule has 2 N–H and O–H groups in total. The van der Waals surface area contributed by atoms with Crippen LogP contribution in [0.4, 0.5) is 0 Å². The maximum Gasteiger partial charge on any atom is 0.187 e. The normalized spacial score (nSPS) is 16.2. The van der Waals surface area contributed by atoms with E-state index in [1.165, 1.54) is 11.1 Å². The summed E-state index contributed by atoms with van der Waals surface area (Å²) in [5.74, 6) is 0. The average Bonchev–Trinajstić information content (AvgIpc) is 2.56. The van der Waals surface area contributed by atoms with Crippen molar-refractivity contribution in [3.05, 3.63) is 34.9 Å². The Morgan fingerprint density at radius 2 is 2.00 bits per heavy atom. The van der Waals surface area contributed by atoms with Crippen LogP contribution in [0.2, 0.25) is 0 Å². The zero-order chi connectivity index (χ0) is 16.7. The topological polar surface area (TPSA) is 48.9 Å². The number of thiocarbonyl (C=S) groups is 1. The molecule has 1 fully saturated rings. The molecule has 1 aliphatic rings. The zero-order valence-electron chi connectivity index (χ0n) is 14.2. The summed E-state index contributed by atoms with van der Waals surface area (Å²) in [7, 11) is 0. The second-order valence-corrected chi connectivity index (χ2v) is 6.23. The molecule has 0 unspecified atom stereocenters. The Bertz CT molecular complexity index is 568. The third kappa shape index (κ3) is 5.89. The lowest BCUT2D eigenvalue weighted by Crippen LogP contribution is -2.42. The van der Waals surface area contributed by atoms with Crippen LogP contribution in [0.5, 0.6) is 0 Å². The minimum absolute atomic E-state index is 0.557. The lowest BCUT2D eigenvalue weighted by Gasteiger charge is -2.26. The minimum atomic E-state index is 0.557. The molecule has 126 valence electrons. The standard InChI is InChI=1S/C17H26N4OS/c1-13-4-5-16(12-14(13)2)15(3)19-20-17(23)18-6-7-21-8-10-22-11-9-21/h4-5,12H,6-11H2,1-3H3,(H2,18,20,23)/b19-15+. The smallest absolute Gasteiger partial charge is 0.187 e. The monoisotopic (exact) mass is 334 g/mol. The number of morpholine rings is 1. The first kappa shape index (κ1) is 17.8. The fourth-order valence-corrected chi connectivity index (χ4v) is 2.51. The van der Waals surface area contributed by atoms with E-state index in [1.807, 2.05) is 6.92 Å². The summed E-state index contributed by atoms with van der Waals surface area (Å²) >= 11 is 5.26. The van der Waals surface area contributed by atoms with Gasteiger partial charge >= 0.3 is 0 Å². The van der Waals surface area contributed by atoms with Gasteiger partial charge in [0.2, 0.25) is 0 Å². The highest BCUT2D eigenvalue weighted by molar-refractivity contribution is 7.80. The van der Waals surface area contributed by atoms with Gasteiger partial charge in [0, 0.05) is 26.2 Å². The van der Waals surface area contributed by atoms with Crippen LogP contribution in [-0.2, 0) is 4.74 Å². The molecular formula is C17H26N4OS. The largest absolute Gasteiger partial charge is 0.379 e. The first-order chi connectivity index (χ1) is 11.1. The first-order valence-electron chi connectivity index (χ1n) is 8.02. The Balaban J connectivity index is 1.74. The van der Waals surface area contributed by atoms with E-state index in [0.29, 0.717) is 5.11 Å². The van der Waals surface area contributed by atoms with Crippen molar-refractivity contribution < 1.29 is 4.74 Å². The molecule has 1 aromatic carbocycles. The molecule has 0 atom stereocenters. The van der Waals surface area contributed by atoms with Gasteiger partial charge in [0.05, 0.1) is 18.9 Å². The Labute approximate surface area is 144 Å². The second-order valence-electron chi connectivity index (χ2n) is 5.82. The van der Waals surface area contributed by atoms with Crippen LogP contribution in [0.1, 0.15) is 23.6 Å². The molecule has 0 spiro atoms. The van der Waals surface area contributed by atoms with E-state index in [2.05, 4.69) is 52.8 Å². The van der Waals surface area contributed by atoms with Gasteiger partial charge in [0.15, 0.2) is 5.11 Å². The Morgan fingerprint density at radius 1 is 1.26 bits per heavy atom. The summed E-state index contributed by atoms with van der Waals surface area (Å²) < 4.78 is 5.33. The summed E-state index contributed by atoms with van der Waals surface area (Å²) in [5.41, 5.74) is 7.50. The van der Waals surface area contributed by atoms with Crippen molar-refractivity contribution >= 4 is 23.0 Å². The highest BCUT2D eigenvalue weighted by Crippen LogP contribution is 2.10. The molecule has 0 bridgehead atoms. The van der Waals surface area contributed by atoms with Crippen molar-refractivity contribution in [3.8, 4) is 0 Å². The predicted octanol–water partition coefficient (Wildman–Crippen LogP) is 1.82. The summed E-state index contributed by atoms with van der Waals surface area (Å²) in [4.78, 5) is 2.36. The lowest BCUT2D eigenvalue weighted by molar-refractivity contribution is 0.0389. The fraction of sp³-hybridized carbons (Fsp3) is 0.529. The van der Waals surface area contributed by atoms with Gasteiger partial charge in [-0.25, -0.2) is 0 Å². The summed E-state index contributed by atoms with van der Waals surface area (Å²) in [6, 6.07) is 6.34. The SMILES string of the molecule is C/C(=N\NC(=S)NCCN1CCOCC1)c1ccc(C)c(C)c1. The van der Waals surface area contributed by atoms with Crippen molar-refractivity contribution in [1.82, 2.24) is 15.6 Å². The predicted molar refractivity (Wildman–Crippen MR) is 99.1 cm³/mol. The maximum absolute atomic E-state index is 5.33. The third-order valence-electron chi connectivity index (χ3n) is 4.07. The number of ether oxygens (including phenoxy) is 1. The molecule has 1 aromatic rings. The minimum Gasteiger partial charge on any atom is -0.379 e. The summed E-state index contributed by atoms with van der Waals surface area (Å²) in [6.07, 6.45) is 0. The Hall–Kier alpha value is -1.50. The molecule has 23 heavy (non-hydrogen) atoms. The lowest BCUT2D eigenvalue weighted by atomic mass is 10.0. The van der Waals surface area contributed by atoms with Gasteiger partial charge in [-0.2, -0.15) is 5.10 Å². The third-order valence-corrected chi connectivity index (χ3v) is 4.30. The van der Waals surface area contributed by atoms with Crippen molar-refractivity contribution in [1.29, 1.82) is 0 Å². The number of nitrogens with one attached hydrogen (secondary N) is 2. The number of benzene rings is 1. The van der Waals surface area contributed by atoms with Crippen molar-refractivity contribution in [3.63, 3.8) is 0 Å². The van der Waals surface area contributed by atoms with Crippen LogP contribution in [0.25, 0.3) is 0 Å². The van der Waals surface area contributed by atoms with Crippen LogP contribution in [0.15, 0.2) is 23.3 Å². The van der Waals surface area contributed by atoms with Crippen molar-refractivity contribution in [2.75, 3.05) is 39.4 Å². The Morgan fingerprint density at radius 3 is 2.70 bits per heavy atom. The van der Waals surface area contributed by atoms with Gasteiger partial charge in [-0.15, -0.1) is 0 Å². The molecule has 2 rings (SSSR count). The zero-order valence-corrected chi connectivity index (χ0v) is 15.0. The molecule has 1 aliphatic heterocycles. The van der Waals surface area contributed by atoms with Gasteiger partial charge in [-0.3, -0.25) is 10.3 Å². The van der Waals surface area contributed by atoms with E-state index in [9.17, 15) is 0 Å². The summed E-state index contributed by atoms with van der Waals surface area (Å²) in [6.45, 7) is 11.6. The highest BCUT2D eigenvalue weighted by atomic mass is 32.1. The molecule has 0 aliphatic carbocycles. The second kappa shape index (κ2) is 8.96. The highest BCUT2D eigenvalue weighted by Gasteiger charge is 2.09. The number of aryl methyl sites for hydroxylation is 2. The van der Waals surface area contributed by atoms with Crippen molar-refractivity contribution in [2.45, 2.75) is 20.8 Å². The summed E-state index contributed by atoms with van der Waals surface area (Å²) in [5, 5.41) is 8.10. The van der Waals surface area contributed by atoms with E-state index in [0.717, 1.165) is 50.7 Å². The number of hydrogen-bond acceptors (Lipinski definition) is 4. The van der Waals surface area contributed by atoms with Crippen molar-refractivity contribution in [2.24, 2.45) is 5.10 Å². The van der Waals surface area contributed by atoms with Gasteiger partial charge in [-0.05, 0) is 55.7 Å². The van der Waals surface area contributed by atoms with Gasteiger partial charge < -0.3 is 10.1 Å². The number of hydrazone groups is 1. The molecule has 0 aromatic heterocycles. The van der Waals surface area contributed by atoms with E-state index in [1.54, 1.807) is 0 Å². The average molecular weight is 334 g/mol. The van der Waals surface area contributed by atoms with Crippen LogP contribution in [-0.4, -0.2) is 55.1 Å². The molecule has 5 nitrogen and oxygen atoms in total. The fourth-order valence-electron chi connectivity index (χ4n) is 2.36. The number of nitrogens with zero attached hydrogens (tertiary/aromatic N) is 2. The molecular weight excluding hydrogens is 308 g/mol. The molecule has 0 radical (unpaired) electrons. The maximum atomic E-state index is 5.33. The van der Waals surface area contributed by atoms with E-state index >= 15 is 0 Å². The number of rotatable bonds is 5. The molecule has 0 saturated carbocycles. The van der Waals surface area contributed by atoms with Crippen LogP contribution in [0, 0.1) is 13.8 Å². The Kier molecular flexibility index (Phi) is 6.95. The van der Waals surface area contributed by atoms with Crippen LogP contribution in [0.3, 0.4) is 0 Å². The molecule has 6 heteroatoms. The molecule has 1 saturated heterocycles. The van der Waals surface area contributed by atoms with Gasteiger partial charge in [0.1, 0.15) is 0 Å². The van der Waals surface area contributed by atoms with Crippen LogP contribution < -0.4 is 10.7 Å². The number of hydrogen-bond donors (Lipinski definition) is 2. The van der Waals surface area contributed by atoms with Gasteiger partial charge in [-0.1, -0.05) is 12.1 Å². The molecule has 1 heterocycles. The first-order valence-corrected chi connectivity index (χ1v) is 8.43. The molecule has 0 amide bonds. The van der Waals surface area contributed by atoms with E-state index < -0.39 is 0 Å². The van der Waals surface area contributed by atoms with E-state index in [-0.39, 0.29) is 0 Å². The van der Waals surface area contributed by atoms with Gasteiger partial charge in [0.25, 0.3) is 0 Å². The quantitative estimate of drug-likeness (QED) is 0.489.